The molecular weight excluding hydrogens is 216 g/mol. The highest BCUT2D eigenvalue weighted by Crippen LogP contribution is 2.16. The minimum atomic E-state index is 0.136. The molecule has 1 aliphatic rings. The molecule has 2 heterocycles. The lowest BCUT2D eigenvalue weighted by atomic mass is 10.2. The summed E-state index contributed by atoms with van der Waals surface area (Å²) in [4.78, 5) is 13.8. The van der Waals surface area contributed by atoms with E-state index in [0.717, 1.165) is 38.1 Å². The van der Waals surface area contributed by atoms with E-state index < -0.39 is 0 Å². The maximum absolute atomic E-state index is 11.9. The van der Waals surface area contributed by atoms with Crippen LogP contribution in [-0.4, -0.2) is 30.4 Å². The van der Waals surface area contributed by atoms with Gasteiger partial charge in [-0.1, -0.05) is 6.92 Å². The maximum Gasteiger partial charge on any atom is 0.236 e. The first-order valence-electron chi connectivity index (χ1n) is 6.36. The van der Waals surface area contributed by atoms with Crippen molar-refractivity contribution in [3.8, 4) is 0 Å². The van der Waals surface area contributed by atoms with Crippen molar-refractivity contribution >= 4 is 5.91 Å². The highest BCUT2D eigenvalue weighted by atomic mass is 16.3. The minimum absolute atomic E-state index is 0.136. The number of carbonyl (C=O) groups is 1. The molecule has 1 fully saturated rings. The lowest BCUT2D eigenvalue weighted by molar-refractivity contribution is -0.129. The molecule has 1 amide bonds. The number of furan rings is 1. The Kier molecular flexibility index (Phi) is 4.20. The molecule has 0 saturated carbocycles. The molecule has 0 aliphatic carbocycles. The average Bonchev–Trinajstić information content (AvgIpc) is 3.02. The van der Waals surface area contributed by atoms with Crippen LogP contribution in [0.3, 0.4) is 0 Å². The Hall–Kier alpha value is -1.29. The summed E-state index contributed by atoms with van der Waals surface area (Å²) < 4.78 is 5.36. The Balaban J connectivity index is 1.81. The van der Waals surface area contributed by atoms with E-state index in [2.05, 4.69) is 12.2 Å². The molecule has 1 N–H and O–H groups in total. The number of carbonyl (C=O) groups excluding carboxylic acids is 1. The Morgan fingerprint density at radius 2 is 2.29 bits per heavy atom. The molecule has 4 nitrogen and oxygen atoms in total. The zero-order chi connectivity index (χ0) is 12.1. The van der Waals surface area contributed by atoms with Gasteiger partial charge in [0.05, 0.1) is 18.8 Å². The van der Waals surface area contributed by atoms with Crippen molar-refractivity contribution in [1.29, 1.82) is 0 Å². The Bertz CT molecular complexity index is 342. The first-order chi connectivity index (χ1) is 8.31. The van der Waals surface area contributed by atoms with Crippen molar-refractivity contribution in [2.24, 2.45) is 0 Å². The summed E-state index contributed by atoms with van der Waals surface area (Å²) in [6.07, 6.45) is 4.87. The van der Waals surface area contributed by atoms with Crippen LogP contribution in [-0.2, 0) is 4.79 Å². The molecule has 0 spiro atoms. The van der Waals surface area contributed by atoms with Gasteiger partial charge in [-0.3, -0.25) is 10.1 Å². The van der Waals surface area contributed by atoms with Gasteiger partial charge in [-0.25, -0.2) is 0 Å². The second-order valence-corrected chi connectivity index (χ2v) is 4.45. The van der Waals surface area contributed by atoms with Gasteiger partial charge in [0.15, 0.2) is 0 Å². The number of hydrogen-bond acceptors (Lipinski definition) is 3. The van der Waals surface area contributed by atoms with E-state index in [0.29, 0.717) is 6.54 Å². The lowest BCUT2D eigenvalue weighted by Gasteiger charge is -2.18. The molecule has 94 valence electrons. The van der Waals surface area contributed by atoms with Crippen LogP contribution in [0.5, 0.6) is 0 Å². The third-order valence-electron chi connectivity index (χ3n) is 3.25. The Morgan fingerprint density at radius 3 is 2.88 bits per heavy atom. The second-order valence-electron chi connectivity index (χ2n) is 4.45. The molecule has 4 heteroatoms. The standard InChI is InChI=1S/C13H20N2O2/c1-2-11(12-6-5-9-17-12)14-10-13(16)15-7-3-4-8-15/h5-6,9,11,14H,2-4,7-8,10H2,1H3. The number of nitrogens with zero attached hydrogens (tertiary/aromatic N) is 1. The van der Waals surface area contributed by atoms with Crippen molar-refractivity contribution in [2.45, 2.75) is 32.2 Å². The summed E-state index contributed by atoms with van der Waals surface area (Å²) in [7, 11) is 0. The van der Waals surface area contributed by atoms with Crippen LogP contribution in [0, 0.1) is 0 Å². The summed E-state index contributed by atoms with van der Waals surface area (Å²) in [5.74, 6) is 1.11. The summed E-state index contributed by atoms with van der Waals surface area (Å²) in [6.45, 7) is 4.32. The second kappa shape index (κ2) is 5.87. The lowest BCUT2D eigenvalue weighted by Crippen LogP contribution is -2.37. The van der Waals surface area contributed by atoms with Gasteiger partial charge in [0, 0.05) is 13.1 Å². The molecule has 17 heavy (non-hydrogen) atoms. The Labute approximate surface area is 102 Å². The van der Waals surface area contributed by atoms with Crippen LogP contribution >= 0.6 is 0 Å². The Morgan fingerprint density at radius 1 is 1.53 bits per heavy atom. The fourth-order valence-electron chi connectivity index (χ4n) is 2.22. The smallest absolute Gasteiger partial charge is 0.236 e. The number of nitrogens with one attached hydrogen (secondary N) is 1. The van der Waals surface area contributed by atoms with E-state index in [9.17, 15) is 4.79 Å². The summed E-state index contributed by atoms with van der Waals surface area (Å²) in [5.41, 5.74) is 0. The highest BCUT2D eigenvalue weighted by Gasteiger charge is 2.19. The number of rotatable bonds is 5. The maximum atomic E-state index is 11.9. The van der Waals surface area contributed by atoms with E-state index in [-0.39, 0.29) is 11.9 Å². The topological polar surface area (TPSA) is 45.5 Å². The third kappa shape index (κ3) is 3.09. The molecule has 1 aliphatic heterocycles. The van der Waals surface area contributed by atoms with Crippen molar-refractivity contribution < 1.29 is 9.21 Å². The average molecular weight is 236 g/mol. The first-order valence-corrected chi connectivity index (χ1v) is 6.36. The fourth-order valence-corrected chi connectivity index (χ4v) is 2.22. The fraction of sp³-hybridized carbons (Fsp3) is 0.615. The van der Waals surface area contributed by atoms with Gasteiger partial charge >= 0.3 is 0 Å². The molecule has 1 unspecified atom stereocenters. The van der Waals surface area contributed by atoms with Gasteiger partial charge < -0.3 is 9.32 Å². The van der Waals surface area contributed by atoms with E-state index in [1.807, 2.05) is 17.0 Å². The number of amides is 1. The molecule has 2 rings (SSSR count). The van der Waals surface area contributed by atoms with E-state index in [1.165, 1.54) is 0 Å². The van der Waals surface area contributed by atoms with E-state index >= 15 is 0 Å². The summed E-state index contributed by atoms with van der Waals surface area (Å²) in [6, 6.07) is 3.96. The zero-order valence-electron chi connectivity index (χ0n) is 10.3. The molecule has 1 saturated heterocycles. The van der Waals surface area contributed by atoms with Crippen LogP contribution in [0.4, 0.5) is 0 Å². The molecular formula is C13H20N2O2. The molecule has 1 atom stereocenters. The number of likely N-dealkylation sites (tertiary alicyclic amines) is 1. The van der Waals surface area contributed by atoms with Gasteiger partial charge in [0.1, 0.15) is 5.76 Å². The number of hydrogen-bond donors (Lipinski definition) is 1. The van der Waals surface area contributed by atoms with E-state index in [1.54, 1.807) is 6.26 Å². The van der Waals surface area contributed by atoms with Crippen LogP contribution < -0.4 is 5.32 Å². The van der Waals surface area contributed by atoms with Gasteiger partial charge in [-0.15, -0.1) is 0 Å². The van der Waals surface area contributed by atoms with Gasteiger partial charge in [-0.05, 0) is 31.4 Å². The van der Waals surface area contributed by atoms with Crippen molar-refractivity contribution in [3.63, 3.8) is 0 Å². The predicted molar refractivity (Wildman–Crippen MR) is 65.6 cm³/mol. The largest absolute Gasteiger partial charge is 0.468 e. The van der Waals surface area contributed by atoms with Crippen molar-refractivity contribution in [3.05, 3.63) is 24.2 Å². The van der Waals surface area contributed by atoms with Crippen LogP contribution in [0.1, 0.15) is 38.0 Å². The highest BCUT2D eigenvalue weighted by molar-refractivity contribution is 5.78. The van der Waals surface area contributed by atoms with Crippen molar-refractivity contribution in [2.75, 3.05) is 19.6 Å². The quantitative estimate of drug-likeness (QED) is 0.849. The van der Waals surface area contributed by atoms with Crippen LogP contribution in [0.2, 0.25) is 0 Å². The van der Waals surface area contributed by atoms with Crippen LogP contribution in [0.25, 0.3) is 0 Å². The SMILES string of the molecule is CCC(NCC(=O)N1CCCC1)c1ccco1. The molecule has 1 aromatic heterocycles. The third-order valence-corrected chi connectivity index (χ3v) is 3.25. The van der Waals surface area contributed by atoms with Crippen LogP contribution in [0.15, 0.2) is 22.8 Å². The molecule has 0 bridgehead atoms. The minimum Gasteiger partial charge on any atom is -0.468 e. The zero-order valence-corrected chi connectivity index (χ0v) is 10.3. The van der Waals surface area contributed by atoms with E-state index in [4.69, 9.17) is 4.42 Å². The van der Waals surface area contributed by atoms with Gasteiger partial charge in [0.2, 0.25) is 5.91 Å². The summed E-state index contributed by atoms with van der Waals surface area (Å²) in [5, 5.41) is 3.26. The van der Waals surface area contributed by atoms with Gasteiger partial charge in [0.25, 0.3) is 0 Å². The summed E-state index contributed by atoms with van der Waals surface area (Å²) >= 11 is 0. The molecule has 0 aromatic carbocycles. The predicted octanol–water partition coefficient (Wildman–Crippen LogP) is 1.94. The molecule has 1 aromatic rings. The first kappa shape index (κ1) is 12.2. The normalized spacial score (nSPS) is 17.4. The monoisotopic (exact) mass is 236 g/mol. The molecule has 0 radical (unpaired) electrons. The van der Waals surface area contributed by atoms with Gasteiger partial charge in [-0.2, -0.15) is 0 Å². The van der Waals surface area contributed by atoms with Crippen molar-refractivity contribution in [1.82, 2.24) is 10.2 Å².